The maximum Gasteiger partial charge on any atom is 0.308 e. The largest absolute Gasteiger partial charge is 0.484 e. The number of halogens is 1. The van der Waals surface area contributed by atoms with Crippen molar-refractivity contribution in [2.45, 2.75) is 13.3 Å². The Kier molecular flexibility index (Phi) is 5.35. The van der Waals surface area contributed by atoms with E-state index in [0.717, 1.165) is 11.3 Å². The number of carbonyl (C=O) groups is 2. The number of amides is 1. The second-order valence-corrected chi connectivity index (χ2v) is 5.91. The summed E-state index contributed by atoms with van der Waals surface area (Å²) in [5.41, 5.74) is 0.598. The average molecular weight is 341 g/mol. The SMILES string of the molecule is Cc1nc(NC(=O)COc2ccc(Cl)cc2)sc1CC(=O)O. The van der Waals surface area contributed by atoms with E-state index in [9.17, 15) is 9.59 Å². The first-order chi connectivity index (χ1) is 10.4. The first kappa shape index (κ1) is 16.3. The molecule has 0 unspecified atom stereocenters. The number of carboxylic acid groups (broad SMARTS) is 1. The van der Waals surface area contributed by atoms with E-state index in [2.05, 4.69) is 10.3 Å². The molecule has 0 bridgehead atoms. The quantitative estimate of drug-likeness (QED) is 0.844. The van der Waals surface area contributed by atoms with Gasteiger partial charge in [0.05, 0.1) is 12.1 Å². The molecule has 0 spiro atoms. The Morgan fingerprint density at radius 1 is 1.36 bits per heavy atom. The lowest BCUT2D eigenvalue weighted by Crippen LogP contribution is -2.20. The van der Waals surface area contributed by atoms with Crippen molar-refractivity contribution in [1.82, 2.24) is 4.98 Å². The zero-order chi connectivity index (χ0) is 16.1. The fourth-order valence-corrected chi connectivity index (χ4v) is 2.71. The molecule has 0 saturated heterocycles. The van der Waals surface area contributed by atoms with Gasteiger partial charge in [0, 0.05) is 9.90 Å². The second kappa shape index (κ2) is 7.24. The minimum Gasteiger partial charge on any atom is -0.484 e. The summed E-state index contributed by atoms with van der Waals surface area (Å²) in [4.78, 5) is 27.2. The predicted octanol–water partition coefficient (Wildman–Crippen LogP) is 2.75. The summed E-state index contributed by atoms with van der Waals surface area (Å²) in [6, 6.07) is 6.65. The van der Waals surface area contributed by atoms with E-state index in [1.807, 2.05) is 0 Å². The van der Waals surface area contributed by atoms with Crippen molar-refractivity contribution in [3.63, 3.8) is 0 Å². The molecule has 0 aliphatic carbocycles. The van der Waals surface area contributed by atoms with E-state index in [1.165, 1.54) is 0 Å². The molecule has 0 radical (unpaired) electrons. The summed E-state index contributed by atoms with van der Waals surface area (Å²) in [5, 5.41) is 12.3. The lowest BCUT2D eigenvalue weighted by Gasteiger charge is -2.05. The van der Waals surface area contributed by atoms with E-state index in [-0.39, 0.29) is 18.9 Å². The van der Waals surface area contributed by atoms with Crippen LogP contribution in [0, 0.1) is 6.92 Å². The van der Waals surface area contributed by atoms with Crippen molar-refractivity contribution in [1.29, 1.82) is 0 Å². The van der Waals surface area contributed by atoms with Crippen LogP contribution in [0.3, 0.4) is 0 Å². The van der Waals surface area contributed by atoms with Crippen LogP contribution < -0.4 is 10.1 Å². The van der Waals surface area contributed by atoms with E-state index < -0.39 is 5.97 Å². The van der Waals surface area contributed by atoms with Crippen molar-refractivity contribution >= 4 is 39.9 Å². The van der Waals surface area contributed by atoms with Gasteiger partial charge in [-0.2, -0.15) is 0 Å². The van der Waals surface area contributed by atoms with Crippen molar-refractivity contribution < 1.29 is 19.4 Å². The van der Waals surface area contributed by atoms with Gasteiger partial charge in [-0.15, -0.1) is 11.3 Å². The van der Waals surface area contributed by atoms with Gasteiger partial charge in [0.1, 0.15) is 5.75 Å². The summed E-state index contributed by atoms with van der Waals surface area (Å²) < 4.78 is 5.31. The highest BCUT2D eigenvalue weighted by Gasteiger charge is 2.13. The molecule has 0 atom stereocenters. The number of thiazole rings is 1. The van der Waals surface area contributed by atoms with Gasteiger partial charge in [-0.1, -0.05) is 11.6 Å². The maximum atomic E-state index is 11.8. The molecule has 1 heterocycles. The number of nitrogens with zero attached hydrogens (tertiary/aromatic N) is 1. The average Bonchev–Trinajstić information content (AvgIpc) is 2.77. The number of hydrogen-bond acceptors (Lipinski definition) is 5. The molecule has 22 heavy (non-hydrogen) atoms. The predicted molar refractivity (Wildman–Crippen MR) is 83.8 cm³/mol. The summed E-state index contributed by atoms with van der Waals surface area (Å²) in [7, 11) is 0. The molecule has 116 valence electrons. The minimum absolute atomic E-state index is 0.110. The lowest BCUT2D eigenvalue weighted by molar-refractivity contribution is -0.136. The summed E-state index contributed by atoms with van der Waals surface area (Å²) in [6.45, 7) is 1.53. The number of carbonyl (C=O) groups excluding carboxylic acids is 1. The molecule has 1 aromatic carbocycles. The number of carboxylic acids is 1. The zero-order valence-corrected chi connectivity index (χ0v) is 13.2. The summed E-state index contributed by atoms with van der Waals surface area (Å²) in [5.74, 6) is -0.775. The highest BCUT2D eigenvalue weighted by molar-refractivity contribution is 7.16. The molecule has 1 amide bonds. The Hall–Kier alpha value is -2.12. The third-order valence-corrected chi connectivity index (χ3v) is 3.96. The van der Waals surface area contributed by atoms with Crippen LogP contribution in [0.5, 0.6) is 5.75 Å². The molecule has 1 aromatic heterocycles. The van der Waals surface area contributed by atoms with Gasteiger partial charge >= 0.3 is 5.97 Å². The van der Waals surface area contributed by atoms with Crippen molar-refractivity contribution in [2.24, 2.45) is 0 Å². The van der Waals surface area contributed by atoms with Crippen LogP contribution in [-0.4, -0.2) is 28.6 Å². The third-order valence-electron chi connectivity index (χ3n) is 2.63. The normalized spacial score (nSPS) is 10.3. The number of benzene rings is 1. The van der Waals surface area contributed by atoms with Gasteiger partial charge in [-0.05, 0) is 31.2 Å². The molecule has 2 aromatic rings. The number of hydrogen-bond donors (Lipinski definition) is 2. The molecule has 6 nitrogen and oxygen atoms in total. The summed E-state index contributed by atoms with van der Waals surface area (Å²) >= 11 is 6.89. The number of aliphatic carboxylic acids is 1. The highest BCUT2D eigenvalue weighted by Crippen LogP contribution is 2.23. The Bertz CT molecular complexity index is 685. The summed E-state index contributed by atoms with van der Waals surface area (Å²) in [6.07, 6.45) is -0.110. The van der Waals surface area contributed by atoms with Crippen LogP contribution in [0.2, 0.25) is 5.02 Å². The molecule has 8 heteroatoms. The topological polar surface area (TPSA) is 88.5 Å². The van der Waals surface area contributed by atoms with Crippen LogP contribution in [-0.2, 0) is 16.0 Å². The second-order valence-electron chi connectivity index (χ2n) is 4.39. The highest BCUT2D eigenvalue weighted by atomic mass is 35.5. The number of nitrogens with one attached hydrogen (secondary N) is 1. The van der Waals surface area contributed by atoms with Crippen molar-refractivity contribution in [3.05, 3.63) is 39.9 Å². The minimum atomic E-state index is -0.935. The molecule has 0 fully saturated rings. The number of aryl methyl sites for hydroxylation is 1. The molecule has 0 saturated carbocycles. The fourth-order valence-electron chi connectivity index (χ4n) is 1.62. The van der Waals surface area contributed by atoms with E-state index in [0.29, 0.717) is 26.5 Å². The van der Waals surface area contributed by atoms with E-state index in [4.69, 9.17) is 21.4 Å². The van der Waals surface area contributed by atoms with Crippen LogP contribution in [0.25, 0.3) is 0 Å². The van der Waals surface area contributed by atoms with Gasteiger partial charge in [-0.3, -0.25) is 14.9 Å². The van der Waals surface area contributed by atoms with Crippen LogP contribution in [0.1, 0.15) is 10.6 Å². The van der Waals surface area contributed by atoms with Crippen molar-refractivity contribution in [3.8, 4) is 5.75 Å². The van der Waals surface area contributed by atoms with E-state index >= 15 is 0 Å². The van der Waals surface area contributed by atoms with Gasteiger partial charge in [0.2, 0.25) is 0 Å². The monoisotopic (exact) mass is 340 g/mol. The Labute approximate surface area is 135 Å². The molecular formula is C14H13ClN2O4S. The Balaban J connectivity index is 1.89. The number of anilines is 1. The molecular weight excluding hydrogens is 328 g/mol. The molecule has 2 rings (SSSR count). The molecule has 2 N–H and O–H groups in total. The van der Waals surface area contributed by atoms with Crippen LogP contribution in [0.15, 0.2) is 24.3 Å². The maximum absolute atomic E-state index is 11.8. The number of aromatic nitrogens is 1. The Morgan fingerprint density at radius 3 is 2.68 bits per heavy atom. The van der Waals surface area contributed by atoms with Gasteiger partial charge in [0.25, 0.3) is 5.91 Å². The first-order valence-corrected chi connectivity index (χ1v) is 7.50. The lowest BCUT2D eigenvalue weighted by atomic mass is 10.3. The van der Waals surface area contributed by atoms with Crippen LogP contribution in [0.4, 0.5) is 5.13 Å². The number of ether oxygens (including phenoxy) is 1. The Morgan fingerprint density at radius 2 is 2.05 bits per heavy atom. The standard InChI is InChI=1S/C14H13ClN2O4S/c1-8-11(6-13(19)20)22-14(16-8)17-12(18)7-21-10-4-2-9(15)3-5-10/h2-5H,6-7H2,1H3,(H,19,20)(H,16,17,18). The van der Waals surface area contributed by atoms with E-state index in [1.54, 1.807) is 31.2 Å². The van der Waals surface area contributed by atoms with Gasteiger partial charge in [-0.25, -0.2) is 4.98 Å². The zero-order valence-electron chi connectivity index (χ0n) is 11.6. The smallest absolute Gasteiger partial charge is 0.308 e. The molecule has 0 aliphatic rings. The number of rotatable bonds is 6. The third kappa shape index (κ3) is 4.71. The fraction of sp³-hybridized carbons (Fsp3) is 0.214. The van der Waals surface area contributed by atoms with Gasteiger partial charge in [0.15, 0.2) is 11.7 Å². The first-order valence-electron chi connectivity index (χ1n) is 6.30. The van der Waals surface area contributed by atoms with Crippen LogP contribution >= 0.6 is 22.9 Å². The molecule has 0 aliphatic heterocycles. The van der Waals surface area contributed by atoms with Crippen molar-refractivity contribution in [2.75, 3.05) is 11.9 Å². The van der Waals surface area contributed by atoms with Gasteiger partial charge < -0.3 is 9.84 Å².